The molecule has 1 fully saturated rings. The lowest BCUT2D eigenvalue weighted by Gasteiger charge is -2.32. The Labute approximate surface area is 197 Å². The molecule has 0 aliphatic carbocycles. The van der Waals surface area contributed by atoms with Gasteiger partial charge in [0, 0.05) is 6.54 Å². The number of nitrogens with zero attached hydrogens (tertiary/aromatic N) is 2. The van der Waals surface area contributed by atoms with Crippen molar-refractivity contribution in [1.29, 1.82) is 0 Å². The Kier molecular flexibility index (Phi) is 6.47. The van der Waals surface area contributed by atoms with Crippen molar-refractivity contribution in [2.75, 3.05) is 6.61 Å². The first-order valence-corrected chi connectivity index (χ1v) is 11.9. The van der Waals surface area contributed by atoms with Crippen LogP contribution in [-0.4, -0.2) is 34.5 Å². The Hall–Kier alpha value is -2.51. The van der Waals surface area contributed by atoms with Crippen LogP contribution in [0.5, 0.6) is 11.5 Å². The molecule has 1 unspecified atom stereocenters. The van der Waals surface area contributed by atoms with Crippen molar-refractivity contribution in [2.24, 2.45) is 0 Å². The predicted molar refractivity (Wildman–Crippen MR) is 132 cm³/mol. The molecule has 0 radical (unpaired) electrons. The van der Waals surface area contributed by atoms with Crippen LogP contribution in [0.25, 0.3) is 11.0 Å². The van der Waals surface area contributed by atoms with Gasteiger partial charge in [-0.1, -0.05) is 38.5 Å². The van der Waals surface area contributed by atoms with Gasteiger partial charge in [0.05, 0.1) is 22.2 Å². The van der Waals surface area contributed by atoms with Gasteiger partial charge in [0.15, 0.2) is 23.4 Å². The molecule has 0 N–H and O–H groups in total. The van der Waals surface area contributed by atoms with Crippen LogP contribution in [0.3, 0.4) is 0 Å². The van der Waals surface area contributed by atoms with Gasteiger partial charge >= 0.3 is 7.12 Å². The minimum Gasteiger partial charge on any atom is -0.485 e. The summed E-state index contributed by atoms with van der Waals surface area (Å²) in [4.78, 5) is 4.88. The second-order valence-electron chi connectivity index (χ2n) is 9.62. The Morgan fingerprint density at radius 2 is 1.61 bits per heavy atom. The standard InChI is InChI=1S/C23H27BN2O4.C3H8/c1-6-26-17-13-15(24-29-22(2,3)23(4,5)30-24)11-12-16(17)25-21(26)20-14-27-18-9-7-8-10-19(18)28-20;1-3-2/h7-13,20H,6,14H2,1-5H3;3H2,1-2H3. The largest absolute Gasteiger partial charge is 0.494 e. The minimum atomic E-state index is -0.399. The maximum Gasteiger partial charge on any atom is 0.494 e. The van der Waals surface area contributed by atoms with Crippen molar-refractivity contribution < 1.29 is 18.8 Å². The third-order valence-electron chi connectivity index (χ3n) is 6.44. The molecule has 3 aromatic rings. The van der Waals surface area contributed by atoms with Crippen LogP contribution in [0.4, 0.5) is 0 Å². The zero-order valence-corrected chi connectivity index (χ0v) is 20.8. The number of ether oxygens (including phenoxy) is 2. The molecule has 1 aromatic heterocycles. The third kappa shape index (κ3) is 4.36. The van der Waals surface area contributed by atoms with Gasteiger partial charge in [-0.3, -0.25) is 0 Å². The molecule has 3 heterocycles. The van der Waals surface area contributed by atoms with Crippen molar-refractivity contribution in [1.82, 2.24) is 9.55 Å². The Morgan fingerprint density at radius 3 is 2.24 bits per heavy atom. The summed E-state index contributed by atoms with van der Waals surface area (Å²) in [5.41, 5.74) is 2.22. The molecule has 1 atom stereocenters. The van der Waals surface area contributed by atoms with E-state index in [-0.39, 0.29) is 17.3 Å². The van der Waals surface area contributed by atoms with E-state index in [1.165, 1.54) is 6.42 Å². The number of hydrogen-bond donors (Lipinski definition) is 0. The molecule has 2 aromatic carbocycles. The molecule has 0 bridgehead atoms. The predicted octanol–water partition coefficient (Wildman–Crippen LogP) is 5.28. The molecule has 5 rings (SSSR count). The molecule has 2 aliphatic heterocycles. The Bertz CT molecular complexity index is 1110. The SMILES string of the molecule is CCC.CCn1c(C2COc3ccccc3O2)nc2ccc(B3OC(C)(C)C(C)(C)O3)cc21. The van der Waals surface area contributed by atoms with Crippen molar-refractivity contribution >= 4 is 23.6 Å². The lowest BCUT2D eigenvalue weighted by molar-refractivity contribution is 0.00578. The highest BCUT2D eigenvalue weighted by atomic mass is 16.7. The number of imidazole rings is 1. The van der Waals surface area contributed by atoms with E-state index in [0.717, 1.165) is 40.4 Å². The van der Waals surface area contributed by atoms with Gasteiger partial charge in [-0.15, -0.1) is 0 Å². The van der Waals surface area contributed by atoms with E-state index in [1.807, 2.05) is 36.4 Å². The maximum absolute atomic E-state index is 6.24. The highest BCUT2D eigenvalue weighted by molar-refractivity contribution is 6.62. The van der Waals surface area contributed by atoms with Crippen molar-refractivity contribution in [3.05, 3.63) is 48.3 Å². The summed E-state index contributed by atoms with van der Waals surface area (Å²) in [6, 6.07) is 13.9. The van der Waals surface area contributed by atoms with Gasteiger partial charge in [0.25, 0.3) is 0 Å². The molecular weight excluding hydrogens is 415 g/mol. The van der Waals surface area contributed by atoms with Crippen molar-refractivity contribution in [3.63, 3.8) is 0 Å². The summed E-state index contributed by atoms with van der Waals surface area (Å²) in [6.07, 6.45) is 0.993. The molecular formula is C26H35BN2O4. The van der Waals surface area contributed by atoms with E-state index in [0.29, 0.717) is 6.61 Å². The van der Waals surface area contributed by atoms with Crippen LogP contribution in [0.15, 0.2) is 42.5 Å². The number of para-hydroxylation sites is 2. The monoisotopic (exact) mass is 450 g/mol. The van der Waals surface area contributed by atoms with Crippen LogP contribution >= 0.6 is 0 Å². The first-order chi connectivity index (χ1) is 15.7. The molecule has 33 heavy (non-hydrogen) atoms. The second kappa shape index (κ2) is 9.03. The topological polar surface area (TPSA) is 54.7 Å². The molecule has 2 aliphatic rings. The van der Waals surface area contributed by atoms with Crippen LogP contribution in [0, 0.1) is 0 Å². The summed E-state index contributed by atoms with van der Waals surface area (Å²) in [6.45, 7) is 15.8. The second-order valence-corrected chi connectivity index (χ2v) is 9.62. The third-order valence-corrected chi connectivity index (χ3v) is 6.44. The van der Waals surface area contributed by atoms with Crippen molar-refractivity contribution in [3.8, 4) is 11.5 Å². The van der Waals surface area contributed by atoms with E-state index in [2.05, 4.69) is 59.1 Å². The van der Waals surface area contributed by atoms with Crippen LogP contribution in [-0.2, 0) is 15.9 Å². The Balaban J connectivity index is 0.000000821. The first kappa shape index (κ1) is 23.6. The van der Waals surface area contributed by atoms with E-state index < -0.39 is 7.12 Å². The number of fused-ring (bicyclic) bond motifs is 2. The van der Waals surface area contributed by atoms with Crippen LogP contribution < -0.4 is 14.9 Å². The number of hydrogen-bond acceptors (Lipinski definition) is 5. The highest BCUT2D eigenvalue weighted by Gasteiger charge is 2.51. The maximum atomic E-state index is 6.24. The highest BCUT2D eigenvalue weighted by Crippen LogP contribution is 2.38. The fraction of sp³-hybridized carbons (Fsp3) is 0.500. The van der Waals surface area contributed by atoms with Gasteiger partial charge in [-0.2, -0.15) is 0 Å². The quantitative estimate of drug-likeness (QED) is 0.508. The van der Waals surface area contributed by atoms with Gasteiger partial charge < -0.3 is 23.3 Å². The number of aryl methyl sites for hydroxylation is 1. The van der Waals surface area contributed by atoms with E-state index in [1.54, 1.807) is 0 Å². The summed E-state index contributed by atoms with van der Waals surface area (Å²) in [5.74, 6) is 2.39. The molecule has 6 nitrogen and oxygen atoms in total. The number of aromatic nitrogens is 2. The molecule has 0 spiro atoms. The van der Waals surface area contributed by atoms with E-state index in [9.17, 15) is 0 Å². The van der Waals surface area contributed by atoms with Gasteiger partial charge in [0.2, 0.25) is 0 Å². The average Bonchev–Trinajstić information content (AvgIpc) is 3.26. The fourth-order valence-corrected chi connectivity index (χ4v) is 4.01. The minimum absolute atomic E-state index is 0.257. The van der Waals surface area contributed by atoms with E-state index >= 15 is 0 Å². The van der Waals surface area contributed by atoms with E-state index in [4.69, 9.17) is 23.8 Å². The summed E-state index contributed by atoms with van der Waals surface area (Å²) < 4.78 is 26.8. The van der Waals surface area contributed by atoms with Crippen molar-refractivity contribution in [2.45, 2.75) is 78.7 Å². The van der Waals surface area contributed by atoms with Gasteiger partial charge in [0.1, 0.15) is 6.61 Å². The first-order valence-electron chi connectivity index (χ1n) is 11.9. The molecule has 1 saturated heterocycles. The Morgan fingerprint density at radius 1 is 0.970 bits per heavy atom. The molecule has 176 valence electrons. The average molecular weight is 450 g/mol. The van der Waals surface area contributed by atoms with Gasteiger partial charge in [-0.25, -0.2) is 4.98 Å². The zero-order valence-electron chi connectivity index (χ0n) is 20.8. The fourth-order valence-electron chi connectivity index (χ4n) is 4.01. The molecule has 0 amide bonds. The zero-order chi connectivity index (χ0) is 23.8. The molecule has 7 heteroatoms. The van der Waals surface area contributed by atoms with Gasteiger partial charge in [-0.05, 0) is 64.3 Å². The summed E-state index contributed by atoms with van der Waals surface area (Å²) in [7, 11) is -0.399. The molecule has 0 saturated carbocycles. The van der Waals surface area contributed by atoms with Crippen LogP contribution in [0.1, 0.15) is 66.8 Å². The lowest BCUT2D eigenvalue weighted by Crippen LogP contribution is -2.41. The summed E-state index contributed by atoms with van der Waals surface area (Å²) >= 11 is 0. The lowest BCUT2D eigenvalue weighted by atomic mass is 9.79. The number of rotatable bonds is 3. The number of benzene rings is 2. The summed E-state index contributed by atoms with van der Waals surface area (Å²) in [5, 5.41) is 0. The normalized spacial score (nSPS) is 20.5. The van der Waals surface area contributed by atoms with Crippen LogP contribution in [0.2, 0.25) is 0 Å². The smallest absolute Gasteiger partial charge is 0.485 e.